The molecule has 0 bridgehead atoms. The van der Waals surface area contributed by atoms with E-state index in [9.17, 15) is 31.1 Å². The number of benzene rings is 2. The van der Waals surface area contributed by atoms with Crippen LogP contribution in [0.15, 0.2) is 77.2 Å². The molecule has 0 amide bonds. The molecule has 2 aromatic rings. The van der Waals surface area contributed by atoms with Crippen molar-refractivity contribution in [3.8, 4) is 0 Å². The van der Waals surface area contributed by atoms with Gasteiger partial charge in [-0.05, 0) is 30.7 Å². The molecule has 9 heteroatoms. The Labute approximate surface area is 159 Å². The molecule has 0 aromatic heterocycles. The summed E-state index contributed by atoms with van der Waals surface area (Å²) in [5.74, 6) is -4.60. The molecule has 0 saturated heterocycles. The van der Waals surface area contributed by atoms with E-state index in [1.807, 2.05) is 0 Å². The lowest BCUT2D eigenvalue weighted by molar-refractivity contribution is -0.113. The molecule has 2 aromatic carbocycles. The van der Waals surface area contributed by atoms with Crippen molar-refractivity contribution in [1.29, 1.82) is 0 Å². The van der Waals surface area contributed by atoms with E-state index in [0.29, 0.717) is 11.1 Å². The minimum atomic E-state index is -5.54. The molecule has 28 heavy (non-hydrogen) atoms. The summed E-state index contributed by atoms with van der Waals surface area (Å²) in [6.07, 6.45) is -5.83. The number of aliphatic hydroxyl groups excluding tert-OH is 1. The first-order valence-electron chi connectivity index (χ1n) is 7.90. The SMILES string of the molecule is Cc1ccc(S(=O)(=O)O/C(=C(\F)C(F)(F)F)C(O)/C=C/c2ccccc2)cc1. The summed E-state index contributed by atoms with van der Waals surface area (Å²) in [4.78, 5) is -0.482. The Bertz CT molecular complexity index is 963. The Hall–Kier alpha value is -2.65. The van der Waals surface area contributed by atoms with Crippen LogP contribution in [0, 0.1) is 6.92 Å². The summed E-state index contributed by atoms with van der Waals surface area (Å²) in [5, 5.41) is 9.98. The van der Waals surface area contributed by atoms with Crippen molar-refractivity contribution < 1.29 is 35.3 Å². The number of alkyl halides is 3. The first-order valence-corrected chi connectivity index (χ1v) is 9.31. The van der Waals surface area contributed by atoms with Crippen molar-refractivity contribution in [2.75, 3.05) is 0 Å². The molecule has 0 radical (unpaired) electrons. The number of aryl methyl sites for hydroxylation is 1. The Morgan fingerprint density at radius 3 is 2.18 bits per heavy atom. The highest BCUT2D eigenvalue weighted by molar-refractivity contribution is 7.86. The van der Waals surface area contributed by atoms with Crippen LogP contribution < -0.4 is 0 Å². The summed E-state index contributed by atoms with van der Waals surface area (Å²) in [6.45, 7) is 1.67. The van der Waals surface area contributed by atoms with E-state index in [0.717, 1.165) is 18.2 Å². The van der Waals surface area contributed by atoms with Gasteiger partial charge in [0.25, 0.3) is 0 Å². The van der Waals surface area contributed by atoms with Gasteiger partial charge in [0.05, 0.1) is 0 Å². The van der Waals surface area contributed by atoms with Gasteiger partial charge in [0, 0.05) is 0 Å². The molecule has 0 saturated carbocycles. The van der Waals surface area contributed by atoms with Gasteiger partial charge in [0.1, 0.15) is 11.0 Å². The van der Waals surface area contributed by atoms with Crippen LogP contribution in [0.4, 0.5) is 17.6 Å². The number of hydrogen-bond acceptors (Lipinski definition) is 4. The van der Waals surface area contributed by atoms with Crippen molar-refractivity contribution in [3.05, 3.63) is 83.4 Å². The van der Waals surface area contributed by atoms with E-state index >= 15 is 0 Å². The predicted octanol–water partition coefficient (Wildman–Crippen LogP) is 4.52. The van der Waals surface area contributed by atoms with Crippen LogP contribution in [0.5, 0.6) is 0 Å². The van der Waals surface area contributed by atoms with Gasteiger partial charge in [-0.3, -0.25) is 0 Å². The van der Waals surface area contributed by atoms with Gasteiger partial charge in [-0.2, -0.15) is 26.0 Å². The zero-order valence-electron chi connectivity index (χ0n) is 14.5. The van der Waals surface area contributed by atoms with Crippen LogP contribution in [0.1, 0.15) is 11.1 Å². The molecule has 1 N–H and O–H groups in total. The fraction of sp³-hybridized carbons (Fsp3) is 0.158. The summed E-state index contributed by atoms with van der Waals surface area (Å²) in [7, 11) is -4.80. The number of hydrogen-bond donors (Lipinski definition) is 1. The van der Waals surface area contributed by atoms with Crippen molar-refractivity contribution in [1.82, 2.24) is 0 Å². The molecule has 4 nitrogen and oxygen atoms in total. The molecule has 0 aliphatic carbocycles. The van der Waals surface area contributed by atoms with Gasteiger partial charge in [-0.1, -0.05) is 54.1 Å². The average Bonchev–Trinajstić information content (AvgIpc) is 2.64. The van der Waals surface area contributed by atoms with Crippen molar-refractivity contribution in [2.24, 2.45) is 0 Å². The zero-order chi connectivity index (χ0) is 20.9. The van der Waals surface area contributed by atoms with E-state index in [1.165, 1.54) is 18.2 Å². The first-order chi connectivity index (χ1) is 13.0. The lowest BCUT2D eigenvalue weighted by atomic mass is 10.1. The summed E-state index contributed by atoms with van der Waals surface area (Å²) in [5.41, 5.74) is 1.19. The second-order valence-corrected chi connectivity index (χ2v) is 7.29. The van der Waals surface area contributed by atoms with Gasteiger partial charge in [0.15, 0.2) is 5.76 Å². The van der Waals surface area contributed by atoms with Crippen LogP contribution in [0.3, 0.4) is 0 Å². The standard InChI is InChI=1S/C19H16F4O4S/c1-13-7-10-15(11-8-13)28(25,26)27-17(18(20)19(21,22)23)16(24)12-9-14-5-3-2-4-6-14/h2-12,16,24H,1H3/b12-9+,18-17-. The minimum Gasteiger partial charge on any atom is -0.381 e. The maximum absolute atomic E-state index is 13.8. The summed E-state index contributed by atoms with van der Waals surface area (Å²) >= 11 is 0. The smallest absolute Gasteiger partial charge is 0.381 e. The van der Waals surface area contributed by atoms with Crippen LogP contribution in [0.2, 0.25) is 0 Å². The molecular weight excluding hydrogens is 400 g/mol. The van der Waals surface area contributed by atoms with Crippen molar-refractivity contribution >= 4 is 16.2 Å². The molecular formula is C19H16F4O4S. The Kier molecular flexibility index (Phi) is 6.63. The zero-order valence-corrected chi connectivity index (χ0v) is 15.3. The molecule has 1 atom stereocenters. The highest BCUT2D eigenvalue weighted by Gasteiger charge is 2.41. The van der Waals surface area contributed by atoms with Gasteiger partial charge < -0.3 is 9.29 Å². The molecule has 0 heterocycles. The minimum absolute atomic E-state index is 0.482. The second kappa shape index (κ2) is 8.57. The number of halogens is 4. The number of allylic oxidation sites excluding steroid dienone is 1. The Morgan fingerprint density at radius 1 is 1.07 bits per heavy atom. The molecule has 2 rings (SSSR count). The van der Waals surface area contributed by atoms with E-state index in [4.69, 9.17) is 0 Å². The Morgan fingerprint density at radius 2 is 1.64 bits per heavy atom. The quantitative estimate of drug-likeness (QED) is 0.427. The summed E-state index contributed by atoms with van der Waals surface area (Å²) in [6, 6.07) is 13.1. The van der Waals surface area contributed by atoms with Crippen molar-refractivity contribution in [2.45, 2.75) is 24.1 Å². The topological polar surface area (TPSA) is 63.6 Å². The third kappa shape index (κ3) is 5.67. The highest BCUT2D eigenvalue weighted by Crippen LogP contribution is 2.33. The fourth-order valence-corrected chi connectivity index (χ4v) is 3.05. The third-order valence-electron chi connectivity index (χ3n) is 3.51. The van der Waals surface area contributed by atoms with Gasteiger partial charge >= 0.3 is 16.3 Å². The van der Waals surface area contributed by atoms with E-state index in [1.54, 1.807) is 37.3 Å². The summed E-state index contributed by atoms with van der Waals surface area (Å²) < 4.78 is 81.1. The van der Waals surface area contributed by atoms with Crippen LogP contribution in [-0.4, -0.2) is 25.8 Å². The molecule has 0 aliphatic rings. The van der Waals surface area contributed by atoms with E-state index in [-0.39, 0.29) is 0 Å². The Balaban J connectivity index is 2.40. The average molecular weight is 416 g/mol. The van der Waals surface area contributed by atoms with Gasteiger partial charge in [-0.15, -0.1) is 0 Å². The normalized spacial score (nSPS) is 14.6. The van der Waals surface area contributed by atoms with Crippen molar-refractivity contribution in [3.63, 3.8) is 0 Å². The van der Waals surface area contributed by atoms with Crippen LogP contribution >= 0.6 is 0 Å². The highest BCUT2D eigenvalue weighted by atomic mass is 32.2. The molecule has 0 fully saturated rings. The maximum atomic E-state index is 13.8. The first kappa shape index (κ1) is 21.6. The number of aliphatic hydroxyl groups is 1. The van der Waals surface area contributed by atoms with E-state index in [2.05, 4.69) is 4.18 Å². The molecule has 1 unspecified atom stereocenters. The number of rotatable bonds is 6. The lowest BCUT2D eigenvalue weighted by Crippen LogP contribution is -2.22. The monoisotopic (exact) mass is 416 g/mol. The molecule has 150 valence electrons. The van der Waals surface area contributed by atoms with Crippen LogP contribution in [0.25, 0.3) is 6.08 Å². The van der Waals surface area contributed by atoms with Gasteiger partial charge in [0.2, 0.25) is 5.83 Å². The van der Waals surface area contributed by atoms with Crippen LogP contribution in [-0.2, 0) is 14.3 Å². The maximum Gasteiger partial charge on any atom is 0.446 e. The third-order valence-corrected chi connectivity index (χ3v) is 4.76. The largest absolute Gasteiger partial charge is 0.446 e. The predicted molar refractivity (Wildman–Crippen MR) is 95.1 cm³/mol. The lowest BCUT2D eigenvalue weighted by Gasteiger charge is -2.16. The second-order valence-electron chi connectivity index (χ2n) is 5.74. The molecule has 0 spiro atoms. The van der Waals surface area contributed by atoms with Gasteiger partial charge in [-0.25, -0.2) is 0 Å². The fourth-order valence-electron chi connectivity index (χ4n) is 2.08. The van der Waals surface area contributed by atoms with E-state index < -0.39 is 38.9 Å². The molecule has 0 aliphatic heterocycles.